The van der Waals surface area contributed by atoms with Crippen LogP contribution in [0.1, 0.15) is 12.5 Å². The van der Waals surface area contributed by atoms with Crippen LogP contribution in [0, 0.1) is 0 Å². The number of aliphatic hydroxyl groups excluding tert-OH is 1. The van der Waals surface area contributed by atoms with Crippen LogP contribution in [-0.2, 0) is 16.4 Å². The summed E-state index contributed by atoms with van der Waals surface area (Å²) in [7, 11) is -3.32. The van der Waals surface area contributed by atoms with Crippen molar-refractivity contribution < 1.29 is 18.3 Å². The van der Waals surface area contributed by atoms with E-state index in [1.165, 1.54) is 0 Å². The Balaban J connectivity index is 1.86. The van der Waals surface area contributed by atoms with E-state index in [0.717, 1.165) is 24.8 Å². The summed E-state index contributed by atoms with van der Waals surface area (Å²) >= 11 is 12.1. The lowest BCUT2D eigenvalue weighted by molar-refractivity contribution is 0.0722. The lowest BCUT2D eigenvalue weighted by atomic mass is 10.1. The Morgan fingerprint density at radius 1 is 1.16 bits per heavy atom. The molecule has 0 fully saturated rings. The van der Waals surface area contributed by atoms with Gasteiger partial charge in [-0.05, 0) is 55.3 Å². The summed E-state index contributed by atoms with van der Waals surface area (Å²) in [5.74, 6) is 0.550. The lowest BCUT2D eigenvalue weighted by Gasteiger charge is -2.24. The third-order valence-corrected chi connectivity index (χ3v) is 5.71. The van der Waals surface area contributed by atoms with Crippen molar-refractivity contribution in [3.8, 4) is 5.75 Å². The molecule has 0 bridgehead atoms. The average molecular weight is 487 g/mol. The maximum atomic E-state index is 11.3. The highest BCUT2D eigenvalue weighted by molar-refractivity contribution is 7.92. The molecule has 0 spiro atoms. The zero-order valence-corrected chi connectivity index (χ0v) is 19.9. The maximum Gasteiger partial charge on any atom is 0.229 e. The van der Waals surface area contributed by atoms with Gasteiger partial charge in [0, 0.05) is 25.3 Å². The molecule has 2 aromatic rings. The van der Waals surface area contributed by atoms with E-state index in [-0.39, 0.29) is 6.61 Å². The van der Waals surface area contributed by atoms with Gasteiger partial charge >= 0.3 is 0 Å². The molecule has 0 aliphatic heterocycles. The number of anilines is 1. The van der Waals surface area contributed by atoms with Crippen molar-refractivity contribution in [3.63, 3.8) is 0 Å². The van der Waals surface area contributed by atoms with Crippen molar-refractivity contribution >= 4 is 38.9 Å². The number of allylic oxidation sites excluding steroid dienone is 1. The summed E-state index contributed by atoms with van der Waals surface area (Å²) in [6, 6.07) is 12.1. The van der Waals surface area contributed by atoms with E-state index in [0.29, 0.717) is 34.6 Å². The largest absolute Gasteiger partial charge is 0.491 e. The smallest absolute Gasteiger partial charge is 0.229 e. The second-order valence-electron chi connectivity index (χ2n) is 7.19. The number of halogens is 2. The molecule has 0 aliphatic carbocycles. The van der Waals surface area contributed by atoms with E-state index in [9.17, 15) is 13.5 Å². The second-order valence-corrected chi connectivity index (χ2v) is 9.75. The van der Waals surface area contributed by atoms with E-state index in [4.69, 9.17) is 27.9 Å². The van der Waals surface area contributed by atoms with Crippen molar-refractivity contribution in [2.75, 3.05) is 37.2 Å². The van der Waals surface area contributed by atoms with Crippen LogP contribution >= 0.6 is 23.2 Å². The van der Waals surface area contributed by atoms with Crippen LogP contribution in [-0.4, -0.2) is 57.0 Å². The van der Waals surface area contributed by atoms with Gasteiger partial charge in [-0.15, -0.1) is 0 Å². The molecule has 0 radical (unpaired) electrons. The first-order valence-corrected chi connectivity index (χ1v) is 12.5. The van der Waals surface area contributed by atoms with Gasteiger partial charge in [0.05, 0.1) is 16.3 Å². The predicted octanol–water partition coefficient (Wildman–Crippen LogP) is 4.23. The molecule has 0 amide bonds. The van der Waals surface area contributed by atoms with Gasteiger partial charge in [0.2, 0.25) is 10.0 Å². The van der Waals surface area contributed by atoms with Crippen molar-refractivity contribution in [1.82, 2.24) is 4.90 Å². The Labute approximate surface area is 194 Å². The van der Waals surface area contributed by atoms with Crippen LogP contribution in [0.2, 0.25) is 10.0 Å². The number of benzene rings is 2. The number of rotatable bonds is 12. The number of ether oxygens (including phenoxy) is 1. The summed E-state index contributed by atoms with van der Waals surface area (Å²) in [6.07, 6.45) is 5.19. The molecule has 0 aromatic heterocycles. The summed E-state index contributed by atoms with van der Waals surface area (Å²) < 4.78 is 30.6. The van der Waals surface area contributed by atoms with Crippen LogP contribution in [0.3, 0.4) is 0 Å². The quantitative estimate of drug-likeness (QED) is 0.439. The number of hydrogen-bond donors (Lipinski definition) is 2. The molecule has 0 saturated carbocycles. The Kier molecular flexibility index (Phi) is 10.1. The molecule has 1 atom stereocenters. The highest BCUT2D eigenvalue weighted by Crippen LogP contribution is 2.23. The normalized spacial score (nSPS) is 13.0. The van der Waals surface area contributed by atoms with Crippen LogP contribution in [0.15, 0.2) is 54.6 Å². The van der Waals surface area contributed by atoms with Crippen molar-refractivity contribution in [1.29, 1.82) is 0 Å². The summed E-state index contributed by atoms with van der Waals surface area (Å²) in [4.78, 5) is 2.13. The molecule has 0 saturated heterocycles. The van der Waals surface area contributed by atoms with Gasteiger partial charge in [-0.25, -0.2) is 8.42 Å². The SMILES string of the molecule is C/C=C/CN(CCc1ccc(Cl)c(Cl)c1)CC(O)COc1ccc(NS(C)(=O)=O)cc1. The third kappa shape index (κ3) is 9.93. The lowest BCUT2D eigenvalue weighted by Crippen LogP contribution is -2.37. The molecule has 6 nitrogen and oxygen atoms in total. The fourth-order valence-corrected chi connectivity index (χ4v) is 3.76. The average Bonchev–Trinajstić information content (AvgIpc) is 2.71. The van der Waals surface area contributed by atoms with Crippen LogP contribution in [0.5, 0.6) is 5.75 Å². The van der Waals surface area contributed by atoms with Gasteiger partial charge in [-0.3, -0.25) is 9.62 Å². The molecular formula is C22H28Cl2N2O4S. The Morgan fingerprint density at radius 3 is 2.48 bits per heavy atom. The number of hydrogen-bond acceptors (Lipinski definition) is 5. The van der Waals surface area contributed by atoms with Gasteiger partial charge in [0.25, 0.3) is 0 Å². The van der Waals surface area contributed by atoms with Gasteiger partial charge in [0.15, 0.2) is 0 Å². The van der Waals surface area contributed by atoms with Gasteiger partial charge in [0.1, 0.15) is 18.5 Å². The molecule has 0 aliphatic rings. The van der Waals surface area contributed by atoms with Crippen molar-refractivity contribution in [2.45, 2.75) is 19.4 Å². The summed E-state index contributed by atoms with van der Waals surface area (Å²) in [5, 5.41) is 11.5. The van der Waals surface area contributed by atoms with E-state index in [2.05, 4.69) is 9.62 Å². The number of aliphatic hydroxyl groups is 1. The minimum absolute atomic E-state index is 0.123. The first-order valence-electron chi connectivity index (χ1n) is 9.82. The summed E-state index contributed by atoms with van der Waals surface area (Å²) in [5.41, 5.74) is 1.53. The molecular weight excluding hydrogens is 459 g/mol. The molecule has 31 heavy (non-hydrogen) atoms. The second kappa shape index (κ2) is 12.3. The van der Waals surface area contributed by atoms with Gasteiger partial charge in [-0.1, -0.05) is 41.4 Å². The molecule has 1 unspecified atom stereocenters. The monoisotopic (exact) mass is 486 g/mol. The molecule has 9 heteroatoms. The molecule has 0 heterocycles. The number of nitrogens with zero attached hydrogens (tertiary/aromatic N) is 1. The standard InChI is InChI=1S/C22H28Cl2N2O4S/c1-3-4-12-26(13-11-17-5-10-21(23)22(24)14-17)15-19(27)16-30-20-8-6-18(7-9-20)25-31(2,28)29/h3-10,14,19,25,27H,11-13,15-16H2,1-2H3/b4-3+. The van der Waals surface area contributed by atoms with E-state index < -0.39 is 16.1 Å². The molecule has 2 aromatic carbocycles. The molecule has 2 N–H and O–H groups in total. The highest BCUT2D eigenvalue weighted by Gasteiger charge is 2.13. The van der Waals surface area contributed by atoms with Crippen molar-refractivity contribution in [3.05, 3.63) is 70.2 Å². The minimum atomic E-state index is -3.32. The predicted molar refractivity (Wildman–Crippen MR) is 128 cm³/mol. The topological polar surface area (TPSA) is 78.9 Å². The minimum Gasteiger partial charge on any atom is -0.491 e. The van der Waals surface area contributed by atoms with E-state index in [1.54, 1.807) is 30.3 Å². The number of sulfonamides is 1. The first-order chi connectivity index (χ1) is 14.7. The Bertz CT molecular complexity index is 966. The van der Waals surface area contributed by atoms with E-state index in [1.807, 2.05) is 31.2 Å². The fourth-order valence-electron chi connectivity index (χ4n) is 2.87. The molecule has 2 rings (SSSR count). The Morgan fingerprint density at radius 2 is 1.87 bits per heavy atom. The Hall–Kier alpha value is -1.77. The summed E-state index contributed by atoms with van der Waals surface area (Å²) in [6.45, 7) is 3.97. The van der Waals surface area contributed by atoms with Crippen LogP contribution in [0.25, 0.3) is 0 Å². The fraction of sp³-hybridized carbons (Fsp3) is 0.364. The van der Waals surface area contributed by atoms with E-state index >= 15 is 0 Å². The van der Waals surface area contributed by atoms with Crippen LogP contribution in [0.4, 0.5) is 5.69 Å². The molecule has 170 valence electrons. The van der Waals surface area contributed by atoms with Gasteiger partial charge in [-0.2, -0.15) is 0 Å². The maximum absolute atomic E-state index is 11.3. The first kappa shape index (κ1) is 25.5. The third-order valence-electron chi connectivity index (χ3n) is 4.37. The zero-order chi connectivity index (χ0) is 22.9. The number of nitrogens with one attached hydrogen (secondary N) is 1. The van der Waals surface area contributed by atoms with Crippen LogP contribution < -0.4 is 9.46 Å². The highest BCUT2D eigenvalue weighted by atomic mass is 35.5. The van der Waals surface area contributed by atoms with Gasteiger partial charge < -0.3 is 9.84 Å². The zero-order valence-electron chi connectivity index (χ0n) is 17.6. The van der Waals surface area contributed by atoms with Crippen molar-refractivity contribution in [2.24, 2.45) is 0 Å².